The largest absolute Gasteiger partial charge is 0.354 e. The highest BCUT2D eigenvalue weighted by atomic mass is 16.2. The fourth-order valence-electron chi connectivity index (χ4n) is 2.61. The zero-order valence-electron chi connectivity index (χ0n) is 14.7. The van der Waals surface area contributed by atoms with Crippen molar-refractivity contribution < 1.29 is 9.59 Å². The Balaban J connectivity index is 2.73. The van der Waals surface area contributed by atoms with Crippen LogP contribution in [-0.2, 0) is 16.0 Å². The van der Waals surface area contributed by atoms with Gasteiger partial charge in [0.1, 0.15) is 6.04 Å². The Kier molecular flexibility index (Phi) is 9.03. The molecule has 23 heavy (non-hydrogen) atoms. The normalized spacial score (nSPS) is 11.8. The number of carbonyl (C=O) groups excluding carboxylic acids is 2. The van der Waals surface area contributed by atoms with Crippen LogP contribution in [0.15, 0.2) is 30.3 Å². The predicted octanol–water partition coefficient (Wildman–Crippen LogP) is 3.16. The van der Waals surface area contributed by atoms with Gasteiger partial charge in [-0.2, -0.15) is 0 Å². The molecule has 0 fully saturated rings. The van der Waals surface area contributed by atoms with Crippen molar-refractivity contribution in [3.8, 4) is 0 Å². The lowest BCUT2D eigenvalue weighted by Gasteiger charge is -2.30. The Hall–Kier alpha value is -1.84. The zero-order chi connectivity index (χ0) is 17.1. The van der Waals surface area contributed by atoms with Crippen LogP contribution in [0, 0.1) is 0 Å². The summed E-state index contributed by atoms with van der Waals surface area (Å²) in [5.74, 6) is 0.00855. The summed E-state index contributed by atoms with van der Waals surface area (Å²) in [6.45, 7) is 7.16. The van der Waals surface area contributed by atoms with E-state index in [0.29, 0.717) is 25.9 Å². The van der Waals surface area contributed by atoms with Crippen LogP contribution in [0.3, 0.4) is 0 Å². The summed E-state index contributed by atoms with van der Waals surface area (Å²) in [5, 5.41) is 2.96. The first-order valence-corrected chi connectivity index (χ1v) is 8.75. The van der Waals surface area contributed by atoms with Gasteiger partial charge in [-0.25, -0.2) is 0 Å². The van der Waals surface area contributed by atoms with Crippen molar-refractivity contribution in [1.82, 2.24) is 10.2 Å². The highest BCUT2D eigenvalue weighted by molar-refractivity contribution is 5.87. The second-order valence-electron chi connectivity index (χ2n) is 5.74. The smallest absolute Gasteiger partial charge is 0.242 e. The number of nitrogens with one attached hydrogen (secondary N) is 1. The van der Waals surface area contributed by atoms with E-state index >= 15 is 0 Å². The summed E-state index contributed by atoms with van der Waals surface area (Å²) in [7, 11) is 0. The maximum Gasteiger partial charge on any atom is 0.242 e. The zero-order valence-corrected chi connectivity index (χ0v) is 14.7. The summed E-state index contributed by atoms with van der Waals surface area (Å²) in [6.07, 6.45) is 3.84. The average Bonchev–Trinajstić information content (AvgIpc) is 2.58. The van der Waals surface area contributed by atoms with Crippen LogP contribution in [0.1, 0.15) is 52.0 Å². The van der Waals surface area contributed by atoms with Crippen molar-refractivity contribution in [2.75, 3.05) is 13.1 Å². The fraction of sp³-hybridized carbons (Fsp3) is 0.579. The minimum Gasteiger partial charge on any atom is -0.354 e. The number of benzene rings is 1. The molecule has 0 saturated carbocycles. The molecule has 0 saturated heterocycles. The third-order valence-corrected chi connectivity index (χ3v) is 4.00. The van der Waals surface area contributed by atoms with E-state index in [-0.39, 0.29) is 17.9 Å². The van der Waals surface area contributed by atoms with Gasteiger partial charge in [-0.1, -0.05) is 57.5 Å². The number of unbranched alkanes of at least 4 members (excludes halogenated alkanes) is 1. The standard InChI is InChI=1S/C19H30N2O2/c1-4-7-14-20-19(23)17(5-2)21(18(22)6-3)15-13-16-11-9-8-10-12-16/h8-12,17H,4-7,13-15H2,1-3H3,(H,20,23)/t17-/m0/s1. The molecule has 0 unspecified atom stereocenters. The van der Waals surface area contributed by atoms with E-state index in [9.17, 15) is 9.59 Å². The number of carbonyl (C=O) groups is 2. The summed E-state index contributed by atoms with van der Waals surface area (Å²) in [5.41, 5.74) is 1.18. The Morgan fingerprint density at radius 1 is 1.13 bits per heavy atom. The lowest BCUT2D eigenvalue weighted by Crippen LogP contribution is -2.50. The van der Waals surface area contributed by atoms with Gasteiger partial charge in [0, 0.05) is 19.5 Å². The lowest BCUT2D eigenvalue weighted by molar-refractivity contribution is -0.140. The van der Waals surface area contributed by atoms with E-state index in [1.807, 2.05) is 32.0 Å². The van der Waals surface area contributed by atoms with E-state index in [1.54, 1.807) is 4.90 Å². The minimum atomic E-state index is -0.372. The molecule has 1 aromatic rings. The highest BCUT2D eigenvalue weighted by Crippen LogP contribution is 2.10. The Morgan fingerprint density at radius 3 is 2.39 bits per heavy atom. The molecule has 2 amide bonds. The first-order valence-electron chi connectivity index (χ1n) is 8.75. The van der Waals surface area contributed by atoms with E-state index in [4.69, 9.17) is 0 Å². The van der Waals surface area contributed by atoms with Gasteiger partial charge in [-0.3, -0.25) is 9.59 Å². The van der Waals surface area contributed by atoms with Crippen LogP contribution in [0.2, 0.25) is 0 Å². The van der Waals surface area contributed by atoms with Crippen LogP contribution in [0.5, 0.6) is 0 Å². The molecule has 0 bridgehead atoms. The van der Waals surface area contributed by atoms with E-state index in [1.165, 1.54) is 5.56 Å². The molecule has 0 aliphatic heterocycles. The van der Waals surface area contributed by atoms with Gasteiger partial charge < -0.3 is 10.2 Å². The van der Waals surface area contributed by atoms with Crippen LogP contribution >= 0.6 is 0 Å². The van der Waals surface area contributed by atoms with Gasteiger partial charge >= 0.3 is 0 Å². The number of rotatable bonds is 10. The molecule has 0 radical (unpaired) electrons. The predicted molar refractivity (Wildman–Crippen MR) is 94.1 cm³/mol. The van der Waals surface area contributed by atoms with Crippen molar-refractivity contribution >= 4 is 11.8 Å². The van der Waals surface area contributed by atoms with Crippen molar-refractivity contribution in [1.29, 1.82) is 0 Å². The molecule has 0 aliphatic carbocycles. The monoisotopic (exact) mass is 318 g/mol. The van der Waals surface area contributed by atoms with Gasteiger partial charge in [0.05, 0.1) is 0 Å². The van der Waals surface area contributed by atoms with Crippen LogP contribution in [-0.4, -0.2) is 35.8 Å². The number of amides is 2. The Bertz CT molecular complexity index is 474. The third kappa shape index (κ3) is 6.43. The second-order valence-corrected chi connectivity index (χ2v) is 5.74. The quantitative estimate of drug-likeness (QED) is 0.674. The summed E-state index contributed by atoms with van der Waals surface area (Å²) in [6, 6.07) is 9.71. The molecule has 0 aromatic heterocycles. The topological polar surface area (TPSA) is 49.4 Å². The van der Waals surface area contributed by atoms with E-state index in [0.717, 1.165) is 19.3 Å². The molecule has 4 heteroatoms. The van der Waals surface area contributed by atoms with E-state index in [2.05, 4.69) is 24.4 Å². The minimum absolute atomic E-state index is 0.0317. The second kappa shape index (κ2) is 10.8. The summed E-state index contributed by atoms with van der Waals surface area (Å²) >= 11 is 0. The summed E-state index contributed by atoms with van der Waals surface area (Å²) < 4.78 is 0. The van der Waals surface area contributed by atoms with Crippen LogP contribution in [0.25, 0.3) is 0 Å². The number of hydrogen-bond donors (Lipinski definition) is 1. The molecule has 1 atom stereocenters. The molecule has 0 aliphatic rings. The molecular formula is C19H30N2O2. The number of hydrogen-bond acceptors (Lipinski definition) is 2. The maximum absolute atomic E-state index is 12.4. The Labute approximate surface area is 140 Å². The van der Waals surface area contributed by atoms with Gasteiger partial charge in [0.2, 0.25) is 11.8 Å². The van der Waals surface area contributed by atoms with Gasteiger partial charge in [0.15, 0.2) is 0 Å². The highest BCUT2D eigenvalue weighted by Gasteiger charge is 2.26. The average molecular weight is 318 g/mol. The molecule has 0 spiro atoms. The van der Waals surface area contributed by atoms with Crippen molar-refractivity contribution in [2.45, 2.75) is 58.9 Å². The summed E-state index contributed by atoms with van der Waals surface area (Å²) in [4.78, 5) is 26.5. The van der Waals surface area contributed by atoms with Gasteiger partial charge in [0.25, 0.3) is 0 Å². The third-order valence-electron chi connectivity index (χ3n) is 4.00. The molecule has 0 heterocycles. The first kappa shape index (κ1) is 19.2. The Morgan fingerprint density at radius 2 is 1.83 bits per heavy atom. The van der Waals surface area contributed by atoms with Crippen molar-refractivity contribution in [3.05, 3.63) is 35.9 Å². The molecule has 1 aromatic carbocycles. The van der Waals surface area contributed by atoms with Crippen LogP contribution < -0.4 is 5.32 Å². The van der Waals surface area contributed by atoms with Gasteiger partial charge in [-0.15, -0.1) is 0 Å². The SMILES string of the molecule is CCCCNC(=O)[C@H](CC)N(CCc1ccccc1)C(=O)CC. The van der Waals surface area contributed by atoms with Crippen molar-refractivity contribution in [3.63, 3.8) is 0 Å². The number of nitrogens with zero attached hydrogens (tertiary/aromatic N) is 1. The van der Waals surface area contributed by atoms with Crippen molar-refractivity contribution in [2.24, 2.45) is 0 Å². The lowest BCUT2D eigenvalue weighted by atomic mass is 10.1. The van der Waals surface area contributed by atoms with Gasteiger partial charge in [-0.05, 0) is 24.8 Å². The molecule has 4 nitrogen and oxygen atoms in total. The molecular weight excluding hydrogens is 288 g/mol. The molecule has 128 valence electrons. The maximum atomic E-state index is 12.4. The molecule has 1 rings (SSSR count). The first-order chi connectivity index (χ1) is 11.1. The fourth-order valence-corrected chi connectivity index (χ4v) is 2.61. The van der Waals surface area contributed by atoms with Crippen LogP contribution in [0.4, 0.5) is 0 Å². The molecule has 1 N–H and O–H groups in total. The van der Waals surface area contributed by atoms with E-state index < -0.39 is 0 Å².